The highest BCUT2D eigenvalue weighted by atomic mass is 16.5. The fourth-order valence-electron chi connectivity index (χ4n) is 1.93. The van der Waals surface area contributed by atoms with E-state index in [0.29, 0.717) is 12.0 Å². The molecule has 1 aromatic carbocycles. The fourth-order valence-corrected chi connectivity index (χ4v) is 1.93. The normalized spacial score (nSPS) is 10.7. The fraction of sp³-hybridized carbons (Fsp3) is 0.278. The SMILES string of the molecule is C=C(C)COC(=O)C(Cc1ccccc1)C(C)=C(C#N)C#N. The van der Waals surface area contributed by atoms with Gasteiger partial charge in [-0.25, -0.2) is 0 Å². The van der Waals surface area contributed by atoms with Gasteiger partial charge in [0.15, 0.2) is 0 Å². The minimum Gasteiger partial charge on any atom is -0.461 e. The van der Waals surface area contributed by atoms with E-state index in [1.165, 1.54) is 0 Å². The molecule has 4 nitrogen and oxygen atoms in total. The Labute approximate surface area is 130 Å². The van der Waals surface area contributed by atoms with Gasteiger partial charge < -0.3 is 4.74 Å². The van der Waals surface area contributed by atoms with Gasteiger partial charge in [-0.1, -0.05) is 36.9 Å². The van der Waals surface area contributed by atoms with Gasteiger partial charge in [0.2, 0.25) is 0 Å². The van der Waals surface area contributed by atoms with E-state index in [9.17, 15) is 4.79 Å². The van der Waals surface area contributed by atoms with Crippen LogP contribution in [0.3, 0.4) is 0 Å². The van der Waals surface area contributed by atoms with E-state index in [1.54, 1.807) is 13.8 Å². The molecule has 4 heteroatoms. The first-order valence-corrected chi connectivity index (χ1v) is 6.85. The third-order valence-electron chi connectivity index (χ3n) is 3.17. The van der Waals surface area contributed by atoms with E-state index < -0.39 is 11.9 Å². The van der Waals surface area contributed by atoms with Gasteiger partial charge in [-0.05, 0) is 37.0 Å². The highest BCUT2D eigenvalue weighted by Gasteiger charge is 2.25. The number of ether oxygens (including phenoxy) is 1. The number of esters is 1. The highest BCUT2D eigenvalue weighted by molar-refractivity contribution is 5.77. The lowest BCUT2D eigenvalue weighted by atomic mass is 9.90. The molecule has 0 radical (unpaired) electrons. The number of nitrogens with zero attached hydrogens (tertiary/aromatic N) is 2. The Morgan fingerprint density at radius 1 is 1.23 bits per heavy atom. The second kappa shape index (κ2) is 8.44. The van der Waals surface area contributed by atoms with Gasteiger partial charge in [0.25, 0.3) is 0 Å². The predicted molar refractivity (Wildman–Crippen MR) is 83.3 cm³/mol. The molecule has 112 valence electrons. The minimum absolute atomic E-state index is 0.0480. The van der Waals surface area contributed by atoms with Gasteiger partial charge in [0.1, 0.15) is 24.3 Å². The van der Waals surface area contributed by atoms with Crippen LogP contribution >= 0.6 is 0 Å². The number of hydrogen-bond acceptors (Lipinski definition) is 4. The molecule has 1 atom stereocenters. The molecule has 22 heavy (non-hydrogen) atoms. The number of rotatable bonds is 6. The molecular weight excluding hydrogens is 276 g/mol. The van der Waals surface area contributed by atoms with Crippen LogP contribution in [0.1, 0.15) is 19.4 Å². The number of hydrogen-bond donors (Lipinski definition) is 0. The second-order valence-corrected chi connectivity index (χ2v) is 5.09. The molecule has 0 bridgehead atoms. The van der Waals surface area contributed by atoms with Crippen molar-refractivity contribution < 1.29 is 9.53 Å². The van der Waals surface area contributed by atoms with Crippen LogP contribution in [0.4, 0.5) is 0 Å². The van der Waals surface area contributed by atoms with Crippen LogP contribution in [0.5, 0.6) is 0 Å². The maximum Gasteiger partial charge on any atom is 0.313 e. The van der Waals surface area contributed by atoms with Crippen molar-refractivity contribution in [3.8, 4) is 12.1 Å². The molecule has 0 aromatic heterocycles. The summed E-state index contributed by atoms with van der Waals surface area (Å²) in [6, 6.07) is 13.1. The van der Waals surface area contributed by atoms with E-state index in [0.717, 1.165) is 11.1 Å². The van der Waals surface area contributed by atoms with Crippen molar-refractivity contribution in [2.75, 3.05) is 6.61 Å². The largest absolute Gasteiger partial charge is 0.461 e. The molecule has 0 heterocycles. The molecule has 0 amide bonds. The molecule has 1 unspecified atom stereocenters. The lowest BCUT2D eigenvalue weighted by Gasteiger charge is -2.17. The molecule has 0 saturated heterocycles. The first-order valence-electron chi connectivity index (χ1n) is 6.85. The number of allylic oxidation sites excluding steroid dienone is 1. The highest BCUT2D eigenvalue weighted by Crippen LogP contribution is 2.22. The average molecular weight is 294 g/mol. The first-order chi connectivity index (χ1) is 10.5. The van der Waals surface area contributed by atoms with Crippen molar-refractivity contribution in [1.29, 1.82) is 10.5 Å². The molecule has 1 aromatic rings. The maximum atomic E-state index is 12.3. The zero-order chi connectivity index (χ0) is 16.5. The van der Waals surface area contributed by atoms with Gasteiger partial charge in [-0.3, -0.25) is 4.79 Å². The second-order valence-electron chi connectivity index (χ2n) is 5.09. The van der Waals surface area contributed by atoms with Gasteiger partial charge in [-0.2, -0.15) is 10.5 Å². The van der Waals surface area contributed by atoms with Crippen LogP contribution < -0.4 is 0 Å². The number of nitriles is 2. The molecular formula is C18H18N2O2. The van der Waals surface area contributed by atoms with E-state index in [2.05, 4.69) is 6.58 Å². The zero-order valence-corrected chi connectivity index (χ0v) is 12.8. The topological polar surface area (TPSA) is 73.9 Å². The summed E-state index contributed by atoms with van der Waals surface area (Å²) in [6.07, 6.45) is 0.383. The standard InChI is InChI=1S/C18H18N2O2/c1-13(2)12-22-18(21)17(14(3)16(10-19)11-20)9-15-7-5-4-6-8-15/h4-8,17H,1,9,12H2,2-3H3. The molecule has 0 N–H and O–H groups in total. The van der Waals surface area contributed by atoms with E-state index in [-0.39, 0.29) is 12.2 Å². The molecule has 0 aliphatic carbocycles. The quantitative estimate of drug-likeness (QED) is 0.458. The van der Waals surface area contributed by atoms with Crippen molar-refractivity contribution >= 4 is 5.97 Å². The zero-order valence-electron chi connectivity index (χ0n) is 12.8. The summed E-state index contributed by atoms with van der Waals surface area (Å²) in [4.78, 5) is 12.3. The Hall–Kier alpha value is -2.85. The molecule has 0 fully saturated rings. The molecule has 0 aliphatic heterocycles. The van der Waals surface area contributed by atoms with Crippen LogP contribution in [0.25, 0.3) is 0 Å². The predicted octanol–water partition coefficient (Wildman–Crippen LogP) is 3.33. The summed E-state index contributed by atoms with van der Waals surface area (Å²) in [6.45, 7) is 7.20. The third-order valence-corrected chi connectivity index (χ3v) is 3.17. The Bertz CT molecular complexity index is 645. The number of carbonyl (C=O) groups excluding carboxylic acids is 1. The van der Waals surface area contributed by atoms with Gasteiger partial charge in [0, 0.05) is 0 Å². The molecule has 0 saturated carbocycles. The summed E-state index contributed by atoms with van der Waals surface area (Å²) >= 11 is 0. The van der Waals surface area contributed by atoms with Gasteiger partial charge in [0.05, 0.1) is 5.92 Å². The van der Waals surface area contributed by atoms with E-state index >= 15 is 0 Å². The van der Waals surface area contributed by atoms with Gasteiger partial charge in [-0.15, -0.1) is 0 Å². The monoisotopic (exact) mass is 294 g/mol. The summed E-state index contributed by atoms with van der Waals surface area (Å²) in [5.74, 6) is -1.11. The van der Waals surface area contributed by atoms with Crippen molar-refractivity contribution in [3.05, 3.63) is 59.2 Å². The van der Waals surface area contributed by atoms with Crippen molar-refractivity contribution in [2.45, 2.75) is 20.3 Å². The molecule has 0 aliphatic rings. The summed E-state index contributed by atoms with van der Waals surface area (Å²) in [5.41, 5.74) is 2.05. The van der Waals surface area contributed by atoms with E-state index in [4.69, 9.17) is 15.3 Å². The Morgan fingerprint density at radius 2 is 1.82 bits per heavy atom. The van der Waals surface area contributed by atoms with Crippen LogP contribution in [0.15, 0.2) is 53.6 Å². The number of benzene rings is 1. The average Bonchev–Trinajstić information content (AvgIpc) is 2.52. The van der Waals surface area contributed by atoms with Gasteiger partial charge >= 0.3 is 5.97 Å². The van der Waals surface area contributed by atoms with E-state index in [1.807, 2.05) is 42.5 Å². The third kappa shape index (κ3) is 4.92. The Morgan fingerprint density at radius 3 is 2.32 bits per heavy atom. The first kappa shape index (κ1) is 17.2. The summed E-state index contributed by atoms with van der Waals surface area (Å²) < 4.78 is 5.21. The lowest BCUT2D eigenvalue weighted by molar-refractivity contribution is -0.146. The minimum atomic E-state index is -0.656. The summed E-state index contributed by atoms with van der Waals surface area (Å²) in [7, 11) is 0. The van der Waals surface area contributed by atoms with Crippen LogP contribution in [0.2, 0.25) is 0 Å². The number of carbonyl (C=O) groups is 1. The van der Waals surface area contributed by atoms with Crippen molar-refractivity contribution in [3.63, 3.8) is 0 Å². The van der Waals surface area contributed by atoms with Crippen LogP contribution in [0, 0.1) is 28.6 Å². The Balaban J connectivity index is 3.08. The summed E-state index contributed by atoms with van der Waals surface area (Å²) in [5, 5.41) is 18.0. The molecule has 0 spiro atoms. The maximum absolute atomic E-state index is 12.3. The van der Waals surface area contributed by atoms with Crippen molar-refractivity contribution in [1.82, 2.24) is 0 Å². The Kier molecular flexibility index (Phi) is 6.60. The van der Waals surface area contributed by atoms with Crippen LogP contribution in [-0.2, 0) is 16.0 Å². The van der Waals surface area contributed by atoms with Crippen LogP contribution in [-0.4, -0.2) is 12.6 Å². The lowest BCUT2D eigenvalue weighted by Crippen LogP contribution is -2.23. The molecule has 1 rings (SSSR count). The van der Waals surface area contributed by atoms with Crippen molar-refractivity contribution in [2.24, 2.45) is 5.92 Å². The smallest absolute Gasteiger partial charge is 0.313 e.